The van der Waals surface area contributed by atoms with Crippen LogP contribution in [-0.4, -0.2) is 41.2 Å². The Balaban J connectivity index is 1.52. The zero-order valence-corrected chi connectivity index (χ0v) is 15.5. The summed E-state index contributed by atoms with van der Waals surface area (Å²) in [5.74, 6) is -0.807. The first-order valence-electron chi connectivity index (χ1n) is 8.32. The Kier molecular flexibility index (Phi) is 6.13. The maximum absolute atomic E-state index is 12.2. The number of piperidine rings is 1. The number of halogens is 2. The second kappa shape index (κ2) is 8.53. The fourth-order valence-electron chi connectivity index (χ4n) is 2.76. The molecule has 3 rings (SSSR count). The third-order valence-electron chi connectivity index (χ3n) is 4.10. The topological polar surface area (TPSA) is 88.1 Å². The van der Waals surface area contributed by atoms with Crippen LogP contribution in [0.4, 0.5) is 5.69 Å². The fourth-order valence-corrected chi connectivity index (χ4v) is 3.10. The second-order valence-electron chi connectivity index (χ2n) is 6.04. The summed E-state index contributed by atoms with van der Waals surface area (Å²) in [4.78, 5) is 24.2. The summed E-state index contributed by atoms with van der Waals surface area (Å²) in [5, 5.41) is 13.6. The van der Waals surface area contributed by atoms with Crippen LogP contribution >= 0.6 is 23.2 Å². The molecule has 1 aliphatic rings. The fraction of sp³-hybridized carbons (Fsp3) is 0.353. The number of carbonyl (C=O) groups is 2. The van der Waals surface area contributed by atoms with E-state index in [4.69, 9.17) is 23.2 Å². The second-order valence-corrected chi connectivity index (χ2v) is 6.88. The van der Waals surface area contributed by atoms with E-state index in [-0.39, 0.29) is 18.3 Å². The third-order valence-corrected chi connectivity index (χ3v) is 4.66. The van der Waals surface area contributed by atoms with Gasteiger partial charge in [-0.1, -0.05) is 23.2 Å². The van der Waals surface area contributed by atoms with Gasteiger partial charge in [0.15, 0.2) is 0 Å². The molecule has 1 aromatic carbocycles. The average molecular weight is 396 g/mol. The van der Waals surface area contributed by atoms with Crippen LogP contribution in [0.2, 0.25) is 10.0 Å². The molecule has 9 heteroatoms. The molecule has 0 aliphatic carbocycles. The molecule has 1 unspecified atom stereocenters. The highest BCUT2D eigenvalue weighted by Gasteiger charge is 2.18. The predicted octanol–water partition coefficient (Wildman–Crippen LogP) is 2.48. The number of rotatable bonds is 5. The minimum Gasteiger partial charge on any atom is -0.342 e. The molecule has 2 heterocycles. The third kappa shape index (κ3) is 4.75. The number of nitrogens with zero attached hydrogens (tertiary/aromatic N) is 2. The summed E-state index contributed by atoms with van der Waals surface area (Å²) >= 11 is 11.9. The van der Waals surface area contributed by atoms with Gasteiger partial charge in [0.05, 0.1) is 23.3 Å². The van der Waals surface area contributed by atoms with E-state index in [0.29, 0.717) is 15.7 Å². The van der Waals surface area contributed by atoms with Crippen molar-refractivity contribution in [3.05, 3.63) is 46.2 Å². The number of hydrogen-bond donors (Lipinski definition) is 3. The molecule has 138 valence electrons. The Morgan fingerprint density at radius 3 is 2.92 bits per heavy atom. The zero-order chi connectivity index (χ0) is 18.5. The van der Waals surface area contributed by atoms with Gasteiger partial charge in [0.1, 0.15) is 5.69 Å². The summed E-state index contributed by atoms with van der Waals surface area (Å²) in [6.45, 7) is 1.65. The zero-order valence-electron chi connectivity index (χ0n) is 14.0. The smallest absolute Gasteiger partial charge is 0.272 e. The van der Waals surface area contributed by atoms with Crippen molar-refractivity contribution >= 4 is 40.7 Å². The maximum atomic E-state index is 12.2. The summed E-state index contributed by atoms with van der Waals surface area (Å²) in [6.07, 6.45) is 3.90. The van der Waals surface area contributed by atoms with Gasteiger partial charge in [0.2, 0.25) is 5.91 Å². The quantitative estimate of drug-likeness (QED) is 0.725. The van der Waals surface area contributed by atoms with E-state index in [9.17, 15) is 9.59 Å². The van der Waals surface area contributed by atoms with Crippen molar-refractivity contribution in [2.75, 3.05) is 25.0 Å². The molecule has 3 N–H and O–H groups in total. The number of amides is 2. The predicted molar refractivity (Wildman–Crippen MR) is 101 cm³/mol. The lowest BCUT2D eigenvalue weighted by molar-refractivity contribution is -0.115. The van der Waals surface area contributed by atoms with E-state index in [0.717, 1.165) is 25.9 Å². The van der Waals surface area contributed by atoms with Crippen molar-refractivity contribution in [3.8, 4) is 0 Å². The molecular formula is C17H19Cl2N5O2. The molecule has 7 nitrogen and oxygen atoms in total. The average Bonchev–Trinajstić information content (AvgIpc) is 3.14. The van der Waals surface area contributed by atoms with Gasteiger partial charge >= 0.3 is 0 Å². The molecule has 1 saturated heterocycles. The number of hydrogen-bond acceptors (Lipinski definition) is 4. The van der Waals surface area contributed by atoms with Gasteiger partial charge < -0.3 is 16.0 Å². The lowest BCUT2D eigenvalue weighted by Crippen LogP contribution is -2.34. The molecule has 0 bridgehead atoms. The number of benzene rings is 1. The Morgan fingerprint density at radius 2 is 2.15 bits per heavy atom. The maximum Gasteiger partial charge on any atom is 0.272 e. The Bertz CT molecular complexity index is 802. The lowest BCUT2D eigenvalue weighted by atomic mass is 10.1. The Morgan fingerprint density at radius 1 is 1.31 bits per heavy atom. The molecule has 26 heavy (non-hydrogen) atoms. The first kappa shape index (κ1) is 18.7. The van der Waals surface area contributed by atoms with E-state index in [1.807, 2.05) is 0 Å². The molecule has 0 radical (unpaired) electrons. The highest BCUT2D eigenvalue weighted by atomic mass is 35.5. The monoisotopic (exact) mass is 395 g/mol. The van der Waals surface area contributed by atoms with Crippen molar-refractivity contribution < 1.29 is 9.59 Å². The summed E-state index contributed by atoms with van der Waals surface area (Å²) < 4.78 is 1.80. The van der Waals surface area contributed by atoms with Crippen LogP contribution < -0.4 is 16.0 Å². The molecule has 0 spiro atoms. The summed E-state index contributed by atoms with van der Waals surface area (Å²) in [7, 11) is 0. The van der Waals surface area contributed by atoms with Crippen LogP contribution in [0.3, 0.4) is 0 Å². The van der Waals surface area contributed by atoms with Gasteiger partial charge in [0.25, 0.3) is 5.91 Å². The first-order valence-corrected chi connectivity index (χ1v) is 9.07. The number of nitrogens with one attached hydrogen (secondary N) is 3. The van der Waals surface area contributed by atoms with Crippen molar-refractivity contribution in [3.63, 3.8) is 0 Å². The highest BCUT2D eigenvalue weighted by molar-refractivity contribution is 6.35. The van der Waals surface area contributed by atoms with Crippen LogP contribution in [0, 0.1) is 0 Å². The minimum absolute atomic E-state index is 0.195. The summed E-state index contributed by atoms with van der Waals surface area (Å²) in [6, 6.07) is 6.65. The van der Waals surface area contributed by atoms with Crippen LogP contribution in [0.25, 0.3) is 0 Å². The largest absolute Gasteiger partial charge is 0.342 e. The van der Waals surface area contributed by atoms with Crippen LogP contribution in [-0.2, 0) is 4.79 Å². The highest BCUT2D eigenvalue weighted by Crippen LogP contribution is 2.25. The normalized spacial score (nSPS) is 16.9. The van der Waals surface area contributed by atoms with Gasteiger partial charge in [-0.25, -0.2) is 0 Å². The first-order chi connectivity index (χ1) is 12.5. The molecule has 1 aliphatic heterocycles. The summed E-state index contributed by atoms with van der Waals surface area (Å²) in [5.41, 5.74) is 0.677. The number of aromatic nitrogens is 2. The van der Waals surface area contributed by atoms with E-state index in [1.54, 1.807) is 35.1 Å². The minimum atomic E-state index is -0.404. The number of carbonyl (C=O) groups excluding carboxylic acids is 2. The Labute approximate surface area is 161 Å². The SMILES string of the molecule is O=C(CNC(=O)c1ccn(C2CCCNC2)n1)Nc1cc(Cl)ccc1Cl. The molecule has 2 aromatic rings. The molecule has 1 aromatic heterocycles. The van der Waals surface area contributed by atoms with Gasteiger partial charge in [-0.3, -0.25) is 14.3 Å². The standard InChI is InChI=1S/C17H19Cl2N5O2/c18-11-3-4-13(19)15(8-11)22-16(25)10-21-17(26)14-5-7-24(23-14)12-2-1-6-20-9-12/h3-5,7-8,12,20H,1-2,6,9-10H2,(H,21,26)(H,22,25). The molecular weight excluding hydrogens is 377 g/mol. The van der Waals surface area contributed by atoms with Gasteiger partial charge in [-0.2, -0.15) is 5.10 Å². The number of anilines is 1. The molecule has 1 fully saturated rings. The van der Waals surface area contributed by atoms with E-state index in [2.05, 4.69) is 21.0 Å². The molecule has 0 saturated carbocycles. The van der Waals surface area contributed by atoms with Crippen molar-refractivity contribution in [2.45, 2.75) is 18.9 Å². The van der Waals surface area contributed by atoms with Crippen molar-refractivity contribution in [2.24, 2.45) is 0 Å². The van der Waals surface area contributed by atoms with Gasteiger partial charge in [-0.15, -0.1) is 0 Å². The van der Waals surface area contributed by atoms with Gasteiger partial charge in [0, 0.05) is 17.8 Å². The van der Waals surface area contributed by atoms with E-state index < -0.39 is 11.8 Å². The van der Waals surface area contributed by atoms with E-state index in [1.165, 1.54) is 0 Å². The van der Waals surface area contributed by atoms with E-state index >= 15 is 0 Å². The van der Waals surface area contributed by atoms with Crippen LogP contribution in [0.15, 0.2) is 30.5 Å². The molecule has 1 atom stereocenters. The Hall–Kier alpha value is -2.09. The lowest BCUT2D eigenvalue weighted by Gasteiger charge is -2.22. The van der Waals surface area contributed by atoms with Crippen molar-refractivity contribution in [1.82, 2.24) is 20.4 Å². The van der Waals surface area contributed by atoms with Crippen LogP contribution in [0.1, 0.15) is 29.4 Å². The van der Waals surface area contributed by atoms with Gasteiger partial charge in [-0.05, 0) is 43.7 Å². The van der Waals surface area contributed by atoms with Crippen LogP contribution in [0.5, 0.6) is 0 Å². The van der Waals surface area contributed by atoms with Crippen molar-refractivity contribution in [1.29, 1.82) is 0 Å². The molecule has 2 amide bonds.